The predicted molar refractivity (Wildman–Crippen MR) is 59.5 cm³/mol. The third-order valence-corrected chi connectivity index (χ3v) is 3.22. The lowest BCUT2D eigenvalue weighted by Gasteiger charge is -1.92. The van der Waals surface area contributed by atoms with Crippen LogP contribution in [0.4, 0.5) is 0 Å². The molecule has 2 heterocycles. The minimum Gasteiger partial charge on any atom is -0.265 e. The van der Waals surface area contributed by atoms with E-state index in [-0.39, 0.29) is 0 Å². The Kier molecular flexibility index (Phi) is 2.59. The maximum Gasteiger partial charge on any atom is 0.123 e. The number of aryl methyl sites for hydroxylation is 2. The van der Waals surface area contributed by atoms with Gasteiger partial charge in [-0.3, -0.25) is 4.98 Å². The summed E-state index contributed by atoms with van der Waals surface area (Å²) in [6, 6.07) is 4.00. The third-order valence-electron chi connectivity index (χ3n) is 2.15. The van der Waals surface area contributed by atoms with Crippen LogP contribution in [-0.4, -0.2) is 9.97 Å². The topological polar surface area (TPSA) is 25.8 Å². The van der Waals surface area contributed by atoms with E-state index in [1.54, 1.807) is 23.7 Å². The summed E-state index contributed by atoms with van der Waals surface area (Å²) in [6.07, 6.45) is 4.61. The molecule has 0 aliphatic rings. The van der Waals surface area contributed by atoms with Crippen molar-refractivity contribution in [2.24, 2.45) is 0 Å². The number of hydrogen-bond donors (Lipinski definition) is 0. The quantitative estimate of drug-likeness (QED) is 0.751. The molecule has 0 bridgehead atoms. The highest BCUT2D eigenvalue weighted by Gasteiger charge is 2.06. The first-order valence-corrected chi connectivity index (χ1v) is 5.49. The fourth-order valence-corrected chi connectivity index (χ4v) is 2.38. The van der Waals surface area contributed by atoms with Gasteiger partial charge in [-0.05, 0) is 25.5 Å². The minimum atomic E-state index is 1.01. The van der Waals surface area contributed by atoms with Crippen LogP contribution in [0.25, 0.3) is 10.6 Å². The summed E-state index contributed by atoms with van der Waals surface area (Å²) in [5.41, 5.74) is 2.37. The van der Waals surface area contributed by atoms with Crippen LogP contribution in [0.5, 0.6) is 0 Å². The van der Waals surface area contributed by atoms with E-state index >= 15 is 0 Å². The van der Waals surface area contributed by atoms with Crippen molar-refractivity contribution in [3.8, 4) is 10.6 Å². The van der Waals surface area contributed by atoms with Crippen LogP contribution >= 0.6 is 11.3 Å². The summed E-state index contributed by atoms with van der Waals surface area (Å²) < 4.78 is 0. The van der Waals surface area contributed by atoms with Crippen molar-refractivity contribution in [2.45, 2.75) is 20.3 Å². The number of pyridine rings is 1. The second kappa shape index (κ2) is 3.88. The molecule has 2 nitrogen and oxygen atoms in total. The van der Waals surface area contributed by atoms with Crippen molar-refractivity contribution >= 4 is 11.3 Å². The van der Waals surface area contributed by atoms with Gasteiger partial charge in [0.15, 0.2) is 0 Å². The molecule has 0 fully saturated rings. The Bertz CT molecular complexity index is 420. The molecule has 0 atom stereocenters. The Balaban J connectivity index is 2.43. The molecule has 0 aliphatic heterocycles. The zero-order valence-electron chi connectivity index (χ0n) is 8.32. The monoisotopic (exact) mass is 204 g/mol. The largest absolute Gasteiger partial charge is 0.265 e. The molecule has 0 unspecified atom stereocenters. The molecule has 14 heavy (non-hydrogen) atoms. The molecular formula is C11H12N2S. The molecule has 2 aromatic rings. The van der Waals surface area contributed by atoms with Crippen LogP contribution in [0.3, 0.4) is 0 Å². The highest BCUT2D eigenvalue weighted by molar-refractivity contribution is 7.15. The summed E-state index contributed by atoms with van der Waals surface area (Å²) in [5.74, 6) is 0. The van der Waals surface area contributed by atoms with E-state index in [9.17, 15) is 0 Å². The van der Waals surface area contributed by atoms with Gasteiger partial charge in [-0.2, -0.15) is 0 Å². The number of rotatable bonds is 2. The van der Waals surface area contributed by atoms with Gasteiger partial charge in [0.2, 0.25) is 0 Å². The Morgan fingerprint density at radius 1 is 1.29 bits per heavy atom. The molecule has 0 aliphatic carbocycles. The summed E-state index contributed by atoms with van der Waals surface area (Å²) in [7, 11) is 0. The van der Waals surface area contributed by atoms with Gasteiger partial charge in [-0.1, -0.05) is 6.92 Å². The normalized spacial score (nSPS) is 10.4. The van der Waals surface area contributed by atoms with Crippen molar-refractivity contribution in [2.75, 3.05) is 0 Å². The Morgan fingerprint density at radius 2 is 2.00 bits per heavy atom. The van der Waals surface area contributed by atoms with E-state index in [1.807, 2.05) is 12.1 Å². The lowest BCUT2D eigenvalue weighted by atomic mass is 10.3. The summed E-state index contributed by atoms with van der Waals surface area (Å²) in [6.45, 7) is 4.26. The lowest BCUT2D eigenvalue weighted by molar-refractivity contribution is 1.05. The van der Waals surface area contributed by atoms with E-state index in [0.717, 1.165) is 17.0 Å². The second-order valence-electron chi connectivity index (χ2n) is 3.11. The Morgan fingerprint density at radius 3 is 2.57 bits per heavy atom. The van der Waals surface area contributed by atoms with Crippen molar-refractivity contribution in [3.05, 3.63) is 35.1 Å². The minimum absolute atomic E-state index is 1.01. The summed E-state index contributed by atoms with van der Waals surface area (Å²) in [4.78, 5) is 9.91. The van der Waals surface area contributed by atoms with Crippen LogP contribution in [0.2, 0.25) is 0 Å². The molecule has 2 rings (SSSR count). The van der Waals surface area contributed by atoms with Crippen molar-refractivity contribution in [3.63, 3.8) is 0 Å². The van der Waals surface area contributed by atoms with Gasteiger partial charge in [-0.25, -0.2) is 4.98 Å². The highest BCUT2D eigenvalue weighted by atomic mass is 32.1. The third kappa shape index (κ3) is 1.68. The fourth-order valence-electron chi connectivity index (χ4n) is 1.37. The van der Waals surface area contributed by atoms with Gasteiger partial charge in [0, 0.05) is 22.8 Å². The Hall–Kier alpha value is -1.22. The standard InChI is InChI=1S/C11H12N2S/c1-3-10-8(2)14-11(13-10)9-4-6-12-7-5-9/h4-7H,3H2,1-2H3. The van der Waals surface area contributed by atoms with Gasteiger partial charge in [-0.15, -0.1) is 11.3 Å². The fraction of sp³-hybridized carbons (Fsp3) is 0.273. The van der Waals surface area contributed by atoms with Crippen LogP contribution in [0.1, 0.15) is 17.5 Å². The second-order valence-corrected chi connectivity index (χ2v) is 4.31. The van der Waals surface area contributed by atoms with E-state index < -0.39 is 0 Å². The maximum atomic E-state index is 4.59. The van der Waals surface area contributed by atoms with Gasteiger partial charge >= 0.3 is 0 Å². The smallest absolute Gasteiger partial charge is 0.123 e. The van der Waals surface area contributed by atoms with Crippen molar-refractivity contribution in [1.29, 1.82) is 0 Å². The molecule has 72 valence electrons. The van der Waals surface area contributed by atoms with Crippen molar-refractivity contribution < 1.29 is 0 Å². The first-order valence-electron chi connectivity index (χ1n) is 4.68. The summed E-state index contributed by atoms with van der Waals surface area (Å²) >= 11 is 1.75. The molecule has 0 N–H and O–H groups in total. The van der Waals surface area contributed by atoms with Gasteiger partial charge in [0.25, 0.3) is 0 Å². The number of nitrogens with zero attached hydrogens (tertiary/aromatic N) is 2. The van der Waals surface area contributed by atoms with E-state index in [0.29, 0.717) is 0 Å². The van der Waals surface area contributed by atoms with Gasteiger partial charge in [0.05, 0.1) is 5.69 Å². The zero-order valence-corrected chi connectivity index (χ0v) is 9.14. The molecule has 0 saturated heterocycles. The number of hydrogen-bond acceptors (Lipinski definition) is 3. The molecule has 0 aromatic carbocycles. The van der Waals surface area contributed by atoms with E-state index in [4.69, 9.17) is 0 Å². The van der Waals surface area contributed by atoms with Crippen LogP contribution in [0, 0.1) is 6.92 Å². The van der Waals surface area contributed by atoms with Gasteiger partial charge in [0.1, 0.15) is 5.01 Å². The Labute approximate surface area is 87.7 Å². The molecule has 0 amide bonds. The van der Waals surface area contributed by atoms with Crippen LogP contribution in [0.15, 0.2) is 24.5 Å². The lowest BCUT2D eigenvalue weighted by Crippen LogP contribution is -1.82. The molecule has 0 spiro atoms. The molecule has 0 saturated carbocycles. The van der Waals surface area contributed by atoms with E-state index in [2.05, 4.69) is 23.8 Å². The molecule has 0 radical (unpaired) electrons. The average molecular weight is 204 g/mol. The zero-order chi connectivity index (χ0) is 9.97. The molecule has 2 aromatic heterocycles. The number of thiazole rings is 1. The van der Waals surface area contributed by atoms with Crippen LogP contribution < -0.4 is 0 Å². The molecule has 3 heteroatoms. The van der Waals surface area contributed by atoms with E-state index in [1.165, 1.54) is 10.6 Å². The average Bonchev–Trinajstić information content (AvgIpc) is 2.61. The van der Waals surface area contributed by atoms with Crippen molar-refractivity contribution in [1.82, 2.24) is 9.97 Å². The number of aromatic nitrogens is 2. The summed E-state index contributed by atoms with van der Waals surface area (Å²) in [5, 5.41) is 1.10. The SMILES string of the molecule is CCc1nc(-c2ccncc2)sc1C. The highest BCUT2D eigenvalue weighted by Crippen LogP contribution is 2.27. The van der Waals surface area contributed by atoms with Gasteiger partial charge < -0.3 is 0 Å². The first kappa shape index (κ1) is 9.34. The molecular weight excluding hydrogens is 192 g/mol. The maximum absolute atomic E-state index is 4.59. The predicted octanol–water partition coefficient (Wildman–Crippen LogP) is 3.08. The first-order chi connectivity index (χ1) is 6.81. The van der Waals surface area contributed by atoms with Crippen LogP contribution in [-0.2, 0) is 6.42 Å².